The topological polar surface area (TPSA) is 68.5 Å². The van der Waals surface area contributed by atoms with Gasteiger partial charge in [-0.2, -0.15) is 16.3 Å². The Hall–Kier alpha value is -1.73. The molecule has 0 saturated carbocycles. The summed E-state index contributed by atoms with van der Waals surface area (Å²) in [4.78, 5) is 19.0. The lowest BCUT2D eigenvalue weighted by Gasteiger charge is -2.41. The van der Waals surface area contributed by atoms with Crippen LogP contribution in [-0.4, -0.2) is 46.7 Å². The molecule has 6 nitrogen and oxygen atoms in total. The minimum absolute atomic E-state index is 0.0545. The van der Waals surface area contributed by atoms with Crippen LogP contribution in [-0.2, 0) is 10.2 Å². The first-order valence-corrected chi connectivity index (χ1v) is 8.37. The number of fused-ring (bicyclic) bond motifs is 1. The van der Waals surface area contributed by atoms with Crippen molar-refractivity contribution in [1.82, 2.24) is 15.0 Å². The van der Waals surface area contributed by atoms with E-state index in [0.29, 0.717) is 31.4 Å². The molecule has 0 radical (unpaired) electrons. The summed E-state index contributed by atoms with van der Waals surface area (Å²) in [5.41, 5.74) is 0.393. The second-order valence-electron chi connectivity index (χ2n) is 5.94. The van der Waals surface area contributed by atoms with Gasteiger partial charge in [-0.05, 0) is 31.2 Å². The lowest BCUT2D eigenvalue weighted by Crippen LogP contribution is -2.54. The van der Waals surface area contributed by atoms with Gasteiger partial charge >= 0.3 is 0 Å². The largest absolute Gasteiger partial charge is 0.377 e. The van der Waals surface area contributed by atoms with Crippen LogP contribution in [0.15, 0.2) is 21.3 Å². The Balaban J connectivity index is 1.65. The van der Waals surface area contributed by atoms with E-state index >= 15 is 0 Å². The monoisotopic (exact) mass is 319 g/mol. The fourth-order valence-corrected chi connectivity index (χ4v) is 4.12. The number of thiophene rings is 1. The summed E-state index contributed by atoms with van der Waals surface area (Å²) in [6, 6.07) is 1.87. The van der Waals surface area contributed by atoms with Gasteiger partial charge in [0.25, 0.3) is 5.91 Å². The first kappa shape index (κ1) is 13.9. The molecule has 0 aromatic carbocycles. The molecule has 22 heavy (non-hydrogen) atoms. The standard InChI is InChI=1S/C15H17N3O3S/c1-10-16-14(21-17-10)15-4-6-20-12(15)2-5-18(9-15)13(19)11-3-7-22-8-11/h3,7-8,12H,2,4-6,9H2,1H3/t12-,15-/m0/s1. The van der Waals surface area contributed by atoms with Gasteiger partial charge in [0.15, 0.2) is 5.82 Å². The quantitative estimate of drug-likeness (QED) is 0.847. The molecule has 4 rings (SSSR count). The van der Waals surface area contributed by atoms with Crippen molar-refractivity contribution in [3.8, 4) is 0 Å². The molecule has 7 heteroatoms. The number of rotatable bonds is 2. The molecule has 4 heterocycles. The normalized spacial score (nSPS) is 27.9. The molecule has 0 unspecified atom stereocenters. The number of carbonyl (C=O) groups excluding carboxylic acids is 1. The van der Waals surface area contributed by atoms with Crippen molar-refractivity contribution in [3.63, 3.8) is 0 Å². The van der Waals surface area contributed by atoms with Crippen molar-refractivity contribution < 1.29 is 14.1 Å². The van der Waals surface area contributed by atoms with Gasteiger partial charge in [0.05, 0.1) is 17.1 Å². The molecule has 2 atom stereocenters. The SMILES string of the molecule is Cc1noc([C@]23CCO[C@H]2CCN(C(=O)c2ccsc2)C3)n1. The van der Waals surface area contributed by atoms with Crippen molar-refractivity contribution in [1.29, 1.82) is 0 Å². The van der Waals surface area contributed by atoms with Gasteiger partial charge in [-0.1, -0.05) is 5.16 Å². The number of aromatic nitrogens is 2. The van der Waals surface area contributed by atoms with Crippen LogP contribution in [0.4, 0.5) is 0 Å². The van der Waals surface area contributed by atoms with Crippen LogP contribution in [0.3, 0.4) is 0 Å². The fraction of sp³-hybridized carbons (Fsp3) is 0.533. The summed E-state index contributed by atoms with van der Waals surface area (Å²) in [6.45, 7) is 3.76. The lowest BCUT2D eigenvalue weighted by atomic mass is 9.76. The zero-order chi connectivity index (χ0) is 15.2. The molecule has 2 aromatic heterocycles. The third kappa shape index (κ3) is 2.07. The fourth-order valence-electron chi connectivity index (χ4n) is 3.49. The molecule has 0 N–H and O–H groups in total. The minimum Gasteiger partial charge on any atom is -0.377 e. The molecule has 2 fully saturated rings. The second-order valence-corrected chi connectivity index (χ2v) is 6.72. The average molecular weight is 319 g/mol. The Labute approximate surface area is 132 Å². The van der Waals surface area contributed by atoms with E-state index in [-0.39, 0.29) is 17.4 Å². The van der Waals surface area contributed by atoms with E-state index in [9.17, 15) is 4.79 Å². The number of hydrogen-bond acceptors (Lipinski definition) is 6. The van der Waals surface area contributed by atoms with E-state index in [4.69, 9.17) is 9.26 Å². The van der Waals surface area contributed by atoms with E-state index < -0.39 is 0 Å². The number of hydrogen-bond donors (Lipinski definition) is 0. The minimum atomic E-state index is -0.356. The molecule has 2 aromatic rings. The molecule has 0 aliphatic carbocycles. The molecule has 1 amide bonds. The molecule has 2 aliphatic heterocycles. The van der Waals surface area contributed by atoms with Gasteiger partial charge in [-0.3, -0.25) is 4.79 Å². The van der Waals surface area contributed by atoms with Crippen LogP contribution < -0.4 is 0 Å². The molecular weight excluding hydrogens is 302 g/mol. The Bertz CT molecular complexity index is 684. The zero-order valence-electron chi connectivity index (χ0n) is 12.3. The van der Waals surface area contributed by atoms with Gasteiger partial charge in [0.2, 0.25) is 5.89 Å². The number of likely N-dealkylation sites (tertiary alicyclic amines) is 1. The highest BCUT2D eigenvalue weighted by Crippen LogP contribution is 2.43. The van der Waals surface area contributed by atoms with Crippen molar-refractivity contribution in [2.45, 2.75) is 31.3 Å². The maximum Gasteiger partial charge on any atom is 0.254 e. The maximum atomic E-state index is 12.7. The number of ether oxygens (including phenoxy) is 1. The average Bonchev–Trinajstić information content (AvgIpc) is 3.26. The third-order valence-electron chi connectivity index (χ3n) is 4.63. The van der Waals surface area contributed by atoms with Crippen molar-refractivity contribution in [2.75, 3.05) is 19.7 Å². The summed E-state index contributed by atoms with van der Waals surface area (Å²) < 4.78 is 11.3. The summed E-state index contributed by atoms with van der Waals surface area (Å²) in [7, 11) is 0. The molecule has 2 aliphatic rings. The first-order chi connectivity index (χ1) is 10.7. The van der Waals surface area contributed by atoms with Crippen LogP contribution in [0, 0.1) is 6.92 Å². The first-order valence-electron chi connectivity index (χ1n) is 7.43. The molecule has 2 saturated heterocycles. The number of piperidine rings is 1. The van der Waals surface area contributed by atoms with E-state index in [0.717, 1.165) is 18.4 Å². The van der Waals surface area contributed by atoms with Gasteiger partial charge in [-0.25, -0.2) is 0 Å². The van der Waals surface area contributed by atoms with Gasteiger partial charge < -0.3 is 14.2 Å². The predicted octanol–water partition coefficient (Wildman–Crippen LogP) is 2.01. The predicted molar refractivity (Wildman–Crippen MR) is 79.9 cm³/mol. The molecule has 0 bridgehead atoms. The highest BCUT2D eigenvalue weighted by Gasteiger charge is 2.53. The van der Waals surface area contributed by atoms with Crippen LogP contribution in [0.25, 0.3) is 0 Å². The Morgan fingerprint density at radius 2 is 2.45 bits per heavy atom. The van der Waals surface area contributed by atoms with Gasteiger partial charge in [0, 0.05) is 25.1 Å². The van der Waals surface area contributed by atoms with Crippen LogP contribution in [0.2, 0.25) is 0 Å². The van der Waals surface area contributed by atoms with E-state index in [1.54, 1.807) is 0 Å². The summed E-state index contributed by atoms with van der Waals surface area (Å²) in [6.07, 6.45) is 1.67. The number of amides is 1. The molecule has 0 spiro atoms. The van der Waals surface area contributed by atoms with Crippen LogP contribution in [0.1, 0.15) is 34.9 Å². The number of aryl methyl sites for hydroxylation is 1. The van der Waals surface area contributed by atoms with Crippen molar-refractivity contribution in [2.24, 2.45) is 0 Å². The highest BCUT2D eigenvalue weighted by atomic mass is 32.1. The molecular formula is C15H17N3O3S. The summed E-state index contributed by atoms with van der Waals surface area (Å²) in [5.74, 6) is 1.30. The summed E-state index contributed by atoms with van der Waals surface area (Å²) >= 11 is 1.54. The Morgan fingerprint density at radius 3 is 3.18 bits per heavy atom. The number of carbonyl (C=O) groups is 1. The van der Waals surface area contributed by atoms with E-state index in [2.05, 4.69) is 10.1 Å². The van der Waals surface area contributed by atoms with E-state index in [1.165, 1.54) is 11.3 Å². The third-order valence-corrected chi connectivity index (χ3v) is 5.31. The second kappa shape index (κ2) is 5.17. The lowest BCUT2D eigenvalue weighted by molar-refractivity contribution is 0.00825. The van der Waals surface area contributed by atoms with Crippen LogP contribution >= 0.6 is 11.3 Å². The van der Waals surface area contributed by atoms with Crippen LogP contribution in [0.5, 0.6) is 0 Å². The Kier molecular flexibility index (Phi) is 3.27. The van der Waals surface area contributed by atoms with E-state index in [1.807, 2.05) is 28.7 Å². The molecule has 116 valence electrons. The number of nitrogens with zero attached hydrogens (tertiary/aromatic N) is 3. The van der Waals surface area contributed by atoms with Crippen molar-refractivity contribution in [3.05, 3.63) is 34.1 Å². The van der Waals surface area contributed by atoms with Crippen molar-refractivity contribution >= 4 is 17.2 Å². The smallest absolute Gasteiger partial charge is 0.254 e. The maximum absolute atomic E-state index is 12.7. The highest BCUT2D eigenvalue weighted by molar-refractivity contribution is 7.08. The van der Waals surface area contributed by atoms with Gasteiger partial charge in [-0.15, -0.1) is 0 Å². The Morgan fingerprint density at radius 1 is 1.55 bits per heavy atom. The zero-order valence-corrected chi connectivity index (χ0v) is 13.1. The summed E-state index contributed by atoms with van der Waals surface area (Å²) in [5, 5.41) is 7.74. The van der Waals surface area contributed by atoms with Gasteiger partial charge in [0.1, 0.15) is 0 Å².